The van der Waals surface area contributed by atoms with Crippen molar-refractivity contribution in [2.24, 2.45) is 0 Å². The van der Waals surface area contributed by atoms with Crippen LogP contribution in [0.4, 0.5) is 15.0 Å². The topological polar surface area (TPSA) is 123 Å². The van der Waals surface area contributed by atoms with Crippen molar-refractivity contribution in [1.29, 1.82) is 0 Å². The first kappa shape index (κ1) is 28.5. The molecule has 0 saturated carbocycles. The lowest BCUT2D eigenvalue weighted by molar-refractivity contribution is 0.162. The van der Waals surface area contributed by atoms with Crippen molar-refractivity contribution in [2.75, 3.05) is 44.2 Å². The Balaban J connectivity index is 1.23. The van der Waals surface area contributed by atoms with Crippen LogP contribution in [-0.4, -0.2) is 88.6 Å². The summed E-state index contributed by atoms with van der Waals surface area (Å²) in [6.45, 7) is 4.01. The molecule has 0 radical (unpaired) electrons. The second-order valence-corrected chi connectivity index (χ2v) is 12.1. The van der Waals surface area contributed by atoms with Gasteiger partial charge in [0.25, 0.3) is 0 Å². The zero-order valence-corrected chi connectivity index (χ0v) is 24.5. The molecule has 44 heavy (non-hydrogen) atoms. The van der Waals surface area contributed by atoms with Crippen molar-refractivity contribution in [2.45, 2.75) is 50.2 Å². The number of amides is 1. The van der Waals surface area contributed by atoms with Crippen LogP contribution in [0.1, 0.15) is 32.1 Å². The van der Waals surface area contributed by atoms with Gasteiger partial charge in [-0.25, -0.2) is 9.18 Å². The number of aromatic nitrogens is 2. The fourth-order valence-corrected chi connectivity index (χ4v) is 7.15. The number of anilines is 1. The van der Waals surface area contributed by atoms with Crippen LogP contribution in [0.15, 0.2) is 48.5 Å². The molecule has 3 fully saturated rings. The number of hydrogen-bond acceptors (Lipinski definition) is 8. The molecule has 11 heteroatoms. The number of hydrogen-bond donors (Lipinski definition) is 4. The molecule has 7 rings (SSSR count). The van der Waals surface area contributed by atoms with Crippen LogP contribution >= 0.6 is 0 Å². The summed E-state index contributed by atoms with van der Waals surface area (Å²) in [6.07, 6.45) is 3.90. The Hall–Kier alpha value is -4.22. The minimum atomic E-state index is -1.01. The zero-order chi connectivity index (χ0) is 30.2. The van der Waals surface area contributed by atoms with Crippen molar-refractivity contribution >= 4 is 33.6 Å². The predicted molar refractivity (Wildman–Crippen MR) is 167 cm³/mol. The van der Waals surface area contributed by atoms with E-state index in [-0.39, 0.29) is 23.3 Å². The van der Waals surface area contributed by atoms with Crippen molar-refractivity contribution in [3.63, 3.8) is 0 Å². The lowest BCUT2D eigenvalue weighted by Gasteiger charge is -2.34. The van der Waals surface area contributed by atoms with Gasteiger partial charge in [-0.1, -0.05) is 30.3 Å². The second kappa shape index (κ2) is 12.0. The molecule has 4 heterocycles. The lowest BCUT2D eigenvalue weighted by Crippen LogP contribution is -2.51. The van der Waals surface area contributed by atoms with Crippen molar-refractivity contribution < 1.29 is 24.1 Å². The van der Waals surface area contributed by atoms with Crippen molar-refractivity contribution in [3.05, 3.63) is 54.3 Å². The standard InChI is InChI=1S/C33H37FN6O4/c34-29-26(28-16-24(41)15-20-5-1-2-7-25(20)28)10-11-27-30(29)37-32(38-31(27)40-17-21-8-9-22(18-40)36-21)44-19-23-6-3-13-39(23)14-4-12-35-33(42)43/h1-2,5,7,10-11,15-16,21-23,35-36,41H,3-4,6,8-9,12-14,17-19H2,(H,42,43)/t21?,22?,23-/m0/s1. The first-order chi connectivity index (χ1) is 21.4. The SMILES string of the molecule is O=C(O)NCCCN1CCC[C@H]1COc1nc(N2CC3CCC(C2)N3)c2ccc(-c3cc(O)cc4ccccc34)c(F)c2n1. The number of piperazine rings is 1. The maximum absolute atomic E-state index is 16.6. The Morgan fingerprint density at radius 1 is 1.05 bits per heavy atom. The molecule has 3 aliphatic heterocycles. The van der Waals surface area contributed by atoms with Gasteiger partial charge >= 0.3 is 12.1 Å². The largest absolute Gasteiger partial charge is 0.508 e. The highest BCUT2D eigenvalue weighted by Gasteiger charge is 2.34. The van der Waals surface area contributed by atoms with Gasteiger partial charge in [-0.3, -0.25) is 4.90 Å². The van der Waals surface area contributed by atoms with Gasteiger partial charge in [0.05, 0.1) is 0 Å². The third-order valence-electron chi connectivity index (χ3n) is 9.22. The average molecular weight is 601 g/mol. The molecule has 4 N–H and O–H groups in total. The number of phenols is 1. The molecule has 0 spiro atoms. The molecular formula is C33H37FN6O4. The van der Waals surface area contributed by atoms with E-state index >= 15 is 4.39 Å². The summed E-state index contributed by atoms with van der Waals surface area (Å²) in [5, 5.41) is 27.7. The maximum atomic E-state index is 16.6. The number of ether oxygens (including phenoxy) is 1. The number of rotatable bonds is 9. The number of phenolic OH excluding ortho intramolecular Hbond substituents is 1. The van der Waals surface area contributed by atoms with Crippen LogP contribution < -0.4 is 20.3 Å². The van der Waals surface area contributed by atoms with E-state index in [1.54, 1.807) is 18.2 Å². The van der Waals surface area contributed by atoms with Gasteiger partial charge in [0.1, 0.15) is 23.7 Å². The summed E-state index contributed by atoms with van der Waals surface area (Å²) in [5.41, 5.74) is 1.16. The minimum Gasteiger partial charge on any atom is -0.508 e. The van der Waals surface area contributed by atoms with Gasteiger partial charge in [0, 0.05) is 55.3 Å². The number of aromatic hydroxyl groups is 1. The van der Waals surface area contributed by atoms with Crippen LogP contribution in [-0.2, 0) is 0 Å². The van der Waals surface area contributed by atoms with Gasteiger partial charge < -0.3 is 30.5 Å². The molecular weight excluding hydrogens is 563 g/mol. The van der Waals surface area contributed by atoms with E-state index in [1.807, 2.05) is 30.3 Å². The summed E-state index contributed by atoms with van der Waals surface area (Å²) in [7, 11) is 0. The molecule has 230 valence electrons. The summed E-state index contributed by atoms with van der Waals surface area (Å²) in [5.74, 6) is 0.276. The Morgan fingerprint density at radius 3 is 2.68 bits per heavy atom. The lowest BCUT2D eigenvalue weighted by atomic mass is 9.96. The number of halogens is 1. The van der Waals surface area contributed by atoms with Crippen molar-refractivity contribution in [3.8, 4) is 22.9 Å². The third-order valence-corrected chi connectivity index (χ3v) is 9.22. The fraction of sp³-hybridized carbons (Fsp3) is 0.424. The fourth-order valence-electron chi connectivity index (χ4n) is 7.15. The van der Waals surface area contributed by atoms with E-state index in [2.05, 4.69) is 25.4 Å². The van der Waals surface area contributed by atoms with Gasteiger partial charge in [0.15, 0.2) is 5.82 Å². The van der Waals surface area contributed by atoms with Gasteiger partial charge in [-0.05, 0) is 73.2 Å². The number of likely N-dealkylation sites (tertiary alicyclic amines) is 1. The van der Waals surface area contributed by atoms with Gasteiger partial charge in [-0.2, -0.15) is 9.97 Å². The Labute approximate surface area is 254 Å². The van der Waals surface area contributed by atoms with Crippen molar-refractivity contribution in [1.82, 2.24) is 25.5 Å². The molecule has 3 saturated heterocycles. The van der Waals surface area contributed by atoms with Crippen LogP contribution in [0, 0.1) is 5.82 Å². The highest BCUT2D eigenvalue weighted by molar-refractivity contribution is 6.01. The molecule has 2 unspecified atom stereocenters. The van der Waals surface area contributed by atoms with Crippen LogP contribution in [0.25, 0.3) is 32.8 Å². The van der Waals surface area contributed by atoms with Crippen LogP contribution in [0.3, 0.4) is 0 Å². The number of nitrogens with zero attached hydrogens (tertiary/aromatic N) is 4. The smallest absolute Gasteiger partial charge is 0.404 e. The summed E-state index contributed by atoms with van der Waals surface area (Å²) in [6, 6.07) is 15.6. The summed E-state index contributed by atoms with van der Waals surface area (Å²) in [4.78, 5) is 24.9. The predicted octanol–water partition coefficient (Wildman–Crippen LogP) is 4.74. The highest BCUT2D eigenvalue weighted by atomic mass is 19.1. The molecule has 1 aromatic heterocycles. The zero-order valence-electron chi connectivity index (χ0n) is 24.5. The minimum absolute atomic E-state index is 0.0711. The van der Waals surface area contributed by atoms with E-state index in [9.17, 15) is 9.90 Å². The van der Waals surface area contributed by atoms with Crippen LogP contribution in [0.2, 0.25) is 0 Å². The summed E-state index contributed by atoms with van der Waals surface area (Å²) >= 11 is 0. The quantitative estimate of drug-likeness (QED) is 0.202. The number of carbonyl (C=O) groups is 1. The number of carboxylic acid groups (broad SMARTS) is 1. The normalized spacial score (nSPS) is 21.8. The van der Waals surface area contributed by atoms with E-state index in [0.29, 0.717) is 54.0 Å². The molecule has 10 nitrogen and oxygen atoms in total. The molecule has 3 aliphatic rings. The molecule has 3 atom stereocenters. The van der Waals surface area contributed by atoms with Crippen LogP contribution in [0.5, 0.6) is 11.8 Å². The highest BCUT2D eigenvalue weighted by Crippen LogP contribution is 2.39. The Kier molecular flexibility index (Phi) is 7.82. The molecule has 4 aromatic rings. The Bertz CT molecular complexity index is 1690. The summed E-state index contributed by atoms with van der Waals surface area (Å²) < 4.78 is 22.9. The number of fused-ring (bicyclic) bond motifs is 4. The molecule has 0 aliphatic carbocycles. The third kappa shape index (κ3) is 5.69. The van der Waals surface area contributed by atoms with Gasteiger partial charge in [-0.15, -0.1) is 0 Å². The van der Waals surface area contributed by atoms with E-state index in [4.69, 9.17) is 14.8 Å². The van der Waals surface area contributed by atoms with Gasteiger partial charge in [0.2, 0.25) is 0 Å². The number of nitrogens with one attached hydrogen (secondary N) is 2. The molecule has 1 amide bonds. The first-order valence-electron chi connectivity index (χ1n) is 15.5. The average Bonchev–Trinajstić information content (AvgIpc) is 3.62. The molecule has 3 aromatic carbocycles. The monoisotopic (exact) mass is 600 g/mol. The number of benzene rings is 3. The van der Waals surface area contributed by atoms with E-state index in [0.717, 1.165) is 62.6 Å². The van der Waals surface area contributed by atoms with E-state index < -0.39 is 11.9 Å². The second-order valence-electron chi connectivity index (χ2n) is 12.1. The maximum Gasteiger partial charge on any atom is 0.404 e. The van der Waals surface area contributed by atoms with E-state index in [1.165, 1.54) is 0 Å². The molecule has 2 bridgehead atoms. The first-order valence-corrected chi connectivity index (χ1v) is 15.5. The Morgan fingerprint density at radius 2 is 1.86 bits per heavy atom.